The second kappa shape index (κ2) is 7.07. The third kappa shape index (κ3) is 3.82. The molecule has 2 heterocycles. The molecule has 1 aromatic rings. The average molecular weight is 277 g/mol. The van der Waals surface area contributed by atoms with E-state index < -0.39 is 0 Å². The van der Waals surface area contributed by atoms with E-state index in [0.29, 0.717) is 18.9 Å². The Morgan fingerprint density at radius 3 is 2.80 bits per heavy atom. The molecule has 0 saturated carbocycles. The average Bonchev–Trinajstić information content (AvgIpc) is 2.96. The Balaban J connectivity index is 1.83. The molecule has 6 nitrogen and oxygen atoms in total. The maximum Gasteiger partial charge on any atom is 0.224 e. The van der Waals surface area contributed by atoms with Crippen molar-refractivity contribution in [2.24, 2.45) is 0 Å². The normalized spacial score (nSPS) is 14.4. The SMILES string of the molecule is CCNc1ncc(C)c(NCCC(=O)N2CCCC2)n1. The van der Waals surface area contributed by atoms with Crippen molar-refractivity contribution in [3.8, 4) is 0 Å². The second-order valence-corrected chi connectivity index (χ2v) is 5.02. The standard InChI is InChI=1S/C14H23N5O/c1-3-15-14-17-10-11(2)13(18-14)16-7-6-12(20)19-8-4-5-9-19/h10H,3-9H2,1-2H3,(H2,15,16,17,18). The summed E-state index contributed by atoms with van der Waals surface area (Å²) in [6, 6.07) is 0. The first-order valence-electron chi connectivity index (χ1n) is 7.30. The molecule has 0 radical (unpaired) electrons. The van der Waals surface area contributed by atoms with Gasteiger partial charge in [0.25, 0.3) is 0 Å². The van der Waals surface area contributed by atoms with Gasteiger partial charge in [-0.1, -0.05) is 0 Å². The van der Waals surface area contributed by atoms with Crippen molar-refractivity contribution in [2.75, 3.05) is 36.8 Å². The van der Waals surface area contributed by atoms with Gasteiger partial charge in [0.2, 0.25) is 11.9 Å². The fraction of sp³-hybridized carbons (Fsp3) is 0.643. The third-order valence-corrected chi connectivity index (χ3v) is 3.40. The van der Waals surface area contributed by atoms with Crippen LogP contribution in [-0.4, -0.2) is 47.0 Å². The predicted octanol–water partition coefficient (Wildman–Crippen LogP) is 1.64. The van der Waals surface area contributed by atoms with Crippen molar-refractivity contribution in [2.45, 2.75) is 33.1 Å². The van der Waals surface area contributed by atoms with Crippen molar-refractivity contribution < 1.29 is 4.79 Å². The molecule has 0 bridgehead atoms. The van der Waals surface area contributed by atoms with Gasteiger partial charge in [-0.3, -0.25) is 4.79 Å². The summed E-state index contributed by atoms with van der Waals surface area (Å²) in [5.41, 5.74) is 0.986. The van der Waals surface area contributed by atoms with E-state index in [0.717, 1.165) is 43.9 Å². The van der Waals surface area contributed by atoms with Gasteiger partial charge < -0.3 is 15.5 Å². The van der Waals surface area contributed by atoms with Gasteiger partial charge in [-0.2, -0.15) is 4.98 Å². The molecule has 0 aliphatic carbocycles. The number of rotatable bonds is 6. The lowest BCUT2D eigenvalue weighted by Gasteiger charge is -2.15. The molecule has 0 spiro atoms. The molecule has 1 fully saturated rings. The van der Waals surface area contributed by atoms with Crippen LogP contribution in [0, 0.1) is 6.92 Å². The van der Waals surface area contributed by atoms with Gasteiger partial charge in [0.05, 0.1) is 0 Å². The minimum absolute atomic E-state index is 0.230. The Labute approximate surface area is 120 Å². The lowest BCUT2D eigenvalue weighted by Crippen LogP contribution is -2.29. The summed E-state index contributed by atoms with van der Waals surface area (Å²) in [6.45, 7) is 7.19. The van der Waals surface area contributed by atoms with Crippen molar-refractivity contribution in [1.82, 2.24) is 14.9 Å². The summed E-state index contributed by atoms with van der Waals surface area (Å²) in [6.07, 6.45) is 4.57. The number of nitrogens with one attached hydrogen (secondary N) is 2. The van der Waals surface area contributed by atoms with Gasteiger partial charge in [-0.15, -0.1) is 0 Å². The van der Waals surface area contributed by atoms with Gasteiger partial charge in [0.15, 0.2) is 0 Å². The Bertz CT molecular complexity index is 457. The molecule has 2 N–H and O–H groups in total. The predicted molar refractivity (Wildman–Crippen MR) is 79.9 cm³/mol. The second-order valence-electron chi connectivity index (χ2n) is 5.02. The molecule has 2 rings (SSSR count). The summed E-state index contributed by atoms with van der Waals surface area (Å²) >= 11 is 0. The van der Waals surface area contributed by atoms with Crippen LogP contribution in [0.15, 0.2) is 6.20 Å². The molecule has 6 heteroatoms. The number of amides is 1. The third-order valence-electron chi connectivity index (χ3n) is 3.40. The summed E-state index contributed by atoms with van der Waals surface area (Å²) in [7, 11) is 0. The Kier molecular flexibility index (Phi) is 5.15. The lowest BCUT2D eigenvalue weighted by atomic mass is 10.3. The summed E-state index contributed by atoms with van der Waals surface area (Å²) in [5.74, 6) is 1.64. The van der Waals surface area contributed by atoms with Crippen LogP contribution in [0.3, 0.4) is 0 Å². The maximum absolute atomic E-state index is 11.9. The first-order valence-corrected chi connectivity index (χ1v) is 7.30. The van der Waals surface area contributed by atoms with E-state index in [2.05, 4.69) is 20.6 Å². The van der Waals surface area contributed by atoms with E-state index in [9.17, 15) is 4.79 Å². The van der Waals surface area contributed by atoms with Crippen molar-refractivity contribution in [3.63, 3.8) is 0 Å². The van der Waals surface area contributed by atoms with E-state index in [4.69, 9.17) is 0 Å². The molecular weight excluding hydrogens is 254 g/mol. The molecule has 1 aliphatic rings. The topological polar surface area (TPSA) is 70.2 Å². The molecule has 1 amide bonds. The number of hydrogen-bond donors (Lipinski definition) is 2. The number of nitrogens with zero attached hydrogens (tertiary/aromatic N) is 3. The van der Waals surface area contributed by atoms with Crippen LogP contribution in [0.1, 0.15) is 31.7 Å². The van der Waals surface area contributed by atoms with E-state index in [-0.39, 0.29) is 5.91 Å². The van der Waals surface area contributed by atoms with Crippen LogP contribution in [0.5, 0.6) is 0 Å². The Morgan fingerprint density at radius 2 is 2.10 bits per heavy atom. The van der Waals surface area contributed by atoms with E-state index in [1.165, 1.54) is 0 Å². The number of aryl methyl sites for hydroxylation is 1. The van der Waals surface area contributed by atoms with Gasteiger partial charge in [-0.25, -0.2) is 4.98 Å². The molecule has 1 saturated heterocycles. The van der Waals surface area contributed by atoms with E-state index in [1.54, 1.807) is 6.20 Å². The zero-order chi connectivity index (χ0) is 14.4. The van der Waals surface area contributed by atoms with Gasteiger partial charge in [0.1, 0.15) is 5.82 Å². The molecular formula is C14H23N5O. The van der Waals surface area contributed by atoms with Crippen LogP contribution in [0.25, 0.3) is 0 Å². The van der Waals surface area contributed by atoms with E-state index in [1.807, 2.05) is 18.7 Å². The van der Waals surface area contributed by atoms with Crippen LogP contribution >= 0.6 is 0 Å². The number of anilines is 2. The number of carbonyl (C=O) groups is 1. The number of aromatic nitrogens is 2. The number of likely N-dealkylation sites (tertiary alicyclic amines) is 1. The number of hydrogen-bond acceptors (Lipinski definition) is 5. The summed E-state index contributed by atoms with van der Waals surface area (Å²) in [5, 5.41) is 6.31. The zero-order valence-electron chi connectivity index (χ0n) is 12.3. The summed E-state index contributed by atoms with van der Waals surface area (Å²) in [4.78, 5) is 22.5. The molecule has 0 aromatic carbocycles. The highest BCUT2D eigenvalue weighted by atomic mass is 16.2. The molecule has 110 valence electrons. The van der Waals surface area contributed by atoms with Crippen LogP contribution in [0.4, 0.5) is 11.8 Å². The van der Waals surface area contributed by atoms with E-state index >= 15 is 0 Å². The fourth-order valence-corrected chi connectivity index (χ4v) is 2.28. The highest BCUT2D eigenvalue weighted by molar-refractivity contribution is 5.77. The van der Waals surface area contributed by atoms with Crippen LogP contribution < -0.4 is 10.6 Å². The molecule has 0 unspecified atom stereocenters. The van der Waals surface area contributed by atoms with Gasteiger partial charge in [0, 0.05) is 44.4 Å². The quantitative estimate of drug-likeness (QED) is 0.827. The highest BCUT2D eigenvalue weighted by Gasteiger charge is 2.17. The highest BCUT2D eigenvalue weighted by Crippen LogP contribution is 2.13. The Morgan fingerprint density at radius 1 is 1.35 bits per heavy atom. The minimum atomic E-state index is 0.230. The van der Waals surface area contributed by atoms with Gasteiger partial charge in [-0.05, 0) is 26.7 Å². The van der Waals surface area contributed by atoms with Crippen molar-refractivity contribution >= 4 is 17.7 Å². The molecule has 1 aromatic heterocycles. The van der Waals surface area contributed by atoms with Gasteiger partial charge >= 0.3 is 0 Å². The summed E-state index contributed by atoms with van der Waals surface area (Å²) < 4.78 is 0. The van der Waals surface area contributed by atoms with Crippen molar-refractivity contribution in [3.05, 3.63) is 11.8 Å². The fourth-order valence-electron chi connectivity index (χ4n) is 2.28. The van der Waals surface area contributed by atoms with Crippen LogP contribution in [-0.2, 0) is 4.79 Å². The minimum Gasteiger partial charge on any atom is -0.369 e. The maximum atomic E-state index is 11.9. The molecule has 0 atom stereocenters. The monoisotopic (exact) mass is 277 g/mol. The first kappa shape index (κ1) is 14.6. The zero-order valence-corrected chi connectivity index (χ0v) is 12.3. The first-order chi connectivity index (χ1) is 9.70. The molecule has 20 heavy (non-hydrogen) atoms. The largest absolute Gasteiger partial charge is 0.369 e. The lowest BCUT2D eigenvalue weighted by molar-refractivity contribution is -0.129. The smallest absolute Gasteiger partial charge is 0.224 e. The van der Waals surface area contributed by atoms with Crippen molar-refractivity contribution in [1.29, 1.82) is 0 Å². The Hall–Kier alpha value is -1.85. The van der Waals surface area contributed by atoms with Crippen LogP contribution in [0.2, 0.25) is 0 Å². The molecule has 1 aliphatic heterocycles. The number of carbonyl (C=O) groups excluding carboxylic acids is 1.